The minimum Gasteiger partial charge on any atom is -0.335 e. The van der Waals surface area contributed by atoms with E-state index in [0.29, 0.717) is 12.1 Å². The standard InChI is InChI=1S/C21H26N2O3S/c1-4-22-27(25,26)17-13-12-15(2)19(14-17)21(24)23(3)20-11-7-9-16-8-5-6-10-18(16)20/h5-6,8,10,12-14,20,22H,4,7,9,11H2,1-3H3/t20-/m0/s1. The molecule has 0 fully saturated rings. The highest BCUT2D eigenvalue weighted by Crippen LogP contribution is 2.34. The third-order valence-electron chi connectivity index (χ3n) is 5.21. The van der Waals surface area contributed by atoms with Crippen LogP contribution >= 0.6 is 0 Å². The lowest BCUT2D eigenvalue weighted by Crippen LogP contribution is -2.34. The molecule has 27 heavy (non-hydrogen) atoms. The molecule has 144 valence electrons. The number of benzene rings is 2. The van der Waals surface area contributed by atoms with Gasteiger partial charge in [0.05, 0.1) is 10.9 Å². The van der Waals surface area contributed by atoms with Gasteiger partial charge in [-0.1, -0.05) is 37.3 Å². The summed E-state index contributed by atoms with van der Waals surface area (Å²) in [6.45, 7) is 3.86. The van der Waals surface area contributed by atoms with Crippen molar-refractivity contribution in [3.05, 3.63) is 64.7 Å². The maximum Gasteiger partial charge on any atom is 0.254 e. The van der Waals surface area contributed by atoms with Crippen LogP contribution in [0.3, 0.4) is 0 Å². The summed E-state index contributed by atoms with van der Waals surface area (Å²) in [4.78, 5) is 15.1. The number of hydrogen-bond acceptors (Lipinski definition) is 3. The van der Waals surface area contributed by atoms with Gasteiger partial charge in [0.1, 0.15) is 0 Å². The minimum atomic E-state index is -3.60. The fraction of sp³-hybridized carbons (Fsp3) is 0.381. The molecule has 0 saturated heterocycles. The molecule has 0 aromatic heterocycles. The number of sulfonamides is 1. The Kier molecular flexibility index (Phi) is 5.67. The smallest absolute Gasteiger partial charge is 0.254 e. The van der Waals surface area contributed by atoms with Crippen LogP contribution in [0.25, 0.3) is 0 Å². The Hall–Kier alpha value is -2.18. The van der Waals surface area contributed by atoms with Crippen LogP contribution in [0.1, 0.15) is 52.9 Å². The van der Waals surface area contributed by atoms with Crippen LogP contribution in [0.2, 0.25) is 0 Å². The number of nitrogens with zero attached hydrogens (tertiary/aromatic N) is 1. The average molecular weight is 387 g/mol. The van der Waals surface area contributed by atoms with Crippen molar-refractivity contribution in [3.63, 3.8) is 0 Å². The van der Waals surface area contributed by atoms with E-state index in [1.54, 1.807) is 31.0 Å². The number of hydrogen-bond donors (Lipinski definition) is 1. The van der Waals surface area contributed by atoms with Crippen LogP contribution in [-0.2, 0) is 16.4 Å². The molecule has 0 spiro atoms. The summed E-state index contributed by atoms with van der Waals surface area (Å²) < 4.78 is 27.1. The van der Waals surface area contributed by atoms with Crippen molar-refractivity contribution in [2.45, 2.75) is 44.0 Å². The van der Waals surface area contributed by atoms with Crippen molar-refractivity contribution in [2.75, 3.05) is 13.6 Å². The van der Waals surface area contributed by atoms with Gasteiger partial charge < -0.3 is 4.90 Å². The minimum absolute atomic E-state index is 0.0101. The summed E-state index contributed by atoms with van der Waals surface area (Å²) in [5, 5.41) is 0. The molecule has 0 aliphatic heterocycles. The SMILES string of the molecule is CCNS(=O)(=O)c1ccc(C)c(C(=O)N(C)[C@H]2CCCc3ccccc32)c1. The zero-order valence-electron chi connectivity index (χ0n) is 16.0. The molecule has 0 radical (unpaired) electrons. The van der Waals surface area contributed by atoms with Crippen molar-refractivity contribution in [2.24, 2.45) is 0 Å². The third kappa shape index (κ3) is 3.92. The normalized spacial score (nSPS) is 16.6. The number of nitrogens with one attached hydrogen (secondary N) is 1. The first-order valence-corrected chi connectivity index (χ1v) is 10.8. The van der Waals surface area contributed by atoms with Gasteiger partial charge in [0.2, 0.25) is 10.0 Å². The van der Waals surface area contributed by atoms with Gasteiger partial charge in [0.15, 0.2) is 0 Å². The van der Waals surface area contributed by atoms with Crippen LogP contribution in [0, 0.1) is 6.92 Å². The maximum absolute atomic E-state index is 13.2. The van der Waals surface area contributed by atoms with Crippen molar-refractivity contribution < 1.29 is 13.2 Å². The zero-order chi connectivity index (χ0) is 19.6. The number of fused-ring (bicyclic) bond motifs is 1. The lowest BCUT2D eigenvalue weighted by atomic mass is 9.86. The van der Waals surface area contributed by atoms with Gasteiger partial charge in [-0.05, 0) is 55.0 Å². The van der Waals surface area contributed by atoms with Crippen molar-refractivity contribution in [3.8, 4) is 0 Å². The van der Waals surface area contributed by atoms with Gasteiger partial charge in [-0.25, -0.2) is 13.1 Å². The molecule has 0 heterocycles. The van der Waals surface area contributed by atoms with Gasteiger partial charge in [0.25, 0.3) is 5.91 Å². The van der Waals surface area contributed by atoms with E-state index < -0.39 is 10.0 Å². The molecule has 1 amide bonds. The summed E-state index contributed by atoms with van der Waals surface area (Å²) in [7, 11) is -1.80. The second-order valence-corrected chi connectivity index (χ2v) is 8.77. The largest absolute Gasteiger partial charge is 0.335 e. The Morgan fingerprint density at radius 3 is 2.70 bits per heavy atom. The monoisotopic (exact) mass is 386 g/mol. The number of carbonyl (C=O) groups excluding carboxylic acids is 1. The fourth-order valence-corrected chi connectivity index (χ4v) is 4.80. The molecule has 1 N–H and O–H groups in total. The molecule has 0 saturated carbocycles. The van der Waals surface area contributed by atoms with Crippen LogP contribution in [-0.4, -0.2) is 32.8 Å². The fourth-order valence-electron chi connectivity index (χ4n) is 3.73. The molecular formula is C21H26N2O3S. The van der Waals surface area contributed by atoms with E-state index in [1.807, 2.05) is 19.1 Å². The van der Waals surface area contributed by atoms with E-state index in [4.69, 9.17) is 0 Å². The Morgan fingerprint density at radius 2 is 1.96 bits per heavy atom. The maximum atomic E-state index is 13.2. The molecule has 0 unspecified atom stereocenters. The molecule has 0 bridgehead atoms. The van der Waals surface area contributed by atoms with Crippen molar-refractivity contribution in [1.29, 1.82) is 0 Å². The first kappa shape index (κ1) is 19.6. The summed E-state index contributed by atoms with van der Waals surface area (Å²) >= 11 is 0. The lowest BCUT2D eigenvalue weighted by Gasteiger charge is -2.33. The molecular weight excluding hydrogens is 360 g/mol. The highest BCUT2D eigenvalue weighted by Gasteiger charge is 2.28. The number of aryl methyl sites for hydroxylation is 2. The molecule has 1 aliphatic rings. The van der Waals surface area contributed by atoms with Gasteiger partial charge in [-0.3, -0.25) is 4.79 Å². The zero-order valence-corrected chi connectivity index (χ0v) is 16.8. The highest BCUT2D eigenvalue weighted by atomic mass is 32.2. The quantitative estimate of drug-likeness (QED) is 0.856. The first-order valence-electron chi connectivity index (χ1n) is 9.30. The first-order chi connectivity index (χ1) is 12.8. The summed E-state index contributed by atoms with van der Waals surface area (Å²) in [5.41, 5.74) is 3.67. The highest BCUT2D eigenvalue weighted by molar-refractivity contribution is 7.89. The van der Waals surface area contributed by atoms with Gasteiger partial charge >= 0.3 is 0 Å². The second kappa shape index (κ2) is 7.82. The Labute approximate surface area is 161 Å². The molecule has 2 aromatic carbocycles. The van der Waals surface area contributed by atoms with E-state index in [9.17, 15) is 13.2 Å². The van der Waals surface area contributed by atoms with Gasteiger partial charge in [-0.15, -0.1) is 0 Å². The van der Waals surface area contributed by atoms with Crippen LogP contribution in [0.4, 0.5) is 0 Å². The number of carbonyl (C=O) groups is 1. The average Bonchev–Trinajstić information content (AvgIpc) is 2.66. The number of amides is 1. The van der Waals surface area contributed by atoms with Crippen molar-refractivity contribution in [1.82, 2.24) is 9.62 Å². The van der Waals surface area contributed by atoms with Crippen LogP contribution in [0.15, 0.2) is 47.4 Å². The summed E-state index contributed by atoms with van der Waals surface area (Å²) in [6.07, 6.45) is 2.98. The van der Waals surface area contributed by atoms with Crippen molar-refractivity contribution >= 4 is 15.9 Å². The molecule has 6 heteroatoms. The van der Waals surface area contributed by atoms with E-state index in [0.717, 1.165) is 24.8 Å². The summed E-state index contributed by atoms with van der Waals surface area (Å²) in [6, 6.07) is 13.0. The molecule has 1 atom stereocenters. The predicted octanol–water partition coefficient (Wildman–Crippen LogP) is 3.44. The lowest BCUT2D eigenvalue weighted by molar-refractivity contribution is 0.0714. The Balaban J connectivity index is 1.95. The molecule has 5 nitrogen and oxygen atoms in total. The molecule has 2 aromatic rings. The van der Waals surface area contributed by atoms with Gasteiger partial charge in [0, 0.05) is 19.2 Å². The topological polar surface area (TPSA) is 66.5 Å². The van der Waals surface area contributed by atoms with E-state index in [2.05, 4.69) is 16.9 Å². The summed E-state index contributed by atoms with van der Waals surface area (Å²) in [5.74, 6) is -0.150. The Bertz CT molecular complexity index is 954. The predicted molar refractivity (Wildman–Crippen MR) is 106 cm³/mol. The van der Waals surface area contributed by atoms with Gasteiger partial charge in [-0.2, -0.15) is 0 Å². The molecule has 1 aliphatic carbocycles. The Morgan fingerprint density at radius 1 is 1.22 bits per heavy atom. The van der Waals surface area contributed by atoms with Crippen LogP contribution < -0.4 is 4.72 Å². The second-order valence-electron chi connectivity index (χ2n) is 7.00. The van der Waals surface area contributed by atoms with E-state index in [1.165, 1.54) is 17.2 Å². The van der Waals surface area contributed by atoms with Crippen LogP contribution in [0.5, 0.6) is 0 Å². The number of rotatable bonds is 5. The third-order valence-corrected chi connectivity index (χ3v) is 6.75. The van der Waals surface area contributed by atoms with E-state index in [-0.39, 0.29) is 16.8 Å². The molecule has 3 rings (SSSR count). The van der Waals surface area contributed by atoms with E-state index >= 15 is 0 Å².